The summed E-state index contributed by atoms with van der Waals surface area (Å²) in [7, 11) is 1.64. The molecule has 2 saturated heterocycles. The molecule has 24 heavy (non-hydrogen) atoms. The summed E-state index contributed by atoms with van der Waals surface area (Å²) >= 11 is 0. The summed E-state index contributed by atoms with van der Waals surface area (Å²) < 4.78 is 5.11. The topological polar surface area (TPSA) is 91.4 Å². The number of amides is 2. The number of H-pyrrole nitrogens is 1. The Morgan fingerprint density at radius 3 is 2.88 bits per heavy atom. The maximum absolute atomic E-state index is 12.7. The van der Waals surface area contributed by atoms with Crippen molar-refractivity contribution in [3.63, 3.8) is 0 Å². The zero-order chi connectivity index (χ0) is 17.2. The van der Waals surface area contributed by atoms with Crippen LogP contribution < -0.4 is 0 Å². The minimum atomic E-state index is -0.0688. The van der Waals surface area contributed by atoms with E-state index in [0.29, 0.717) is 44.0 Å². The van der Waals surface area contributed by atoms with Crippen LogP contribution in [0.15, 0.2) is 0 Å². The van der Waals surface area contributed by atoms with Crippen LogP contribution in [0.3, 0.4) is 0 Å². The van der Waals surface area contributed by atoms with E-state index in [0.717, 1.165) is 25.8 Å². The van der Waals surface area contributed by atoms with Crippen molar-refractivity contribution in [2.45, 2.75) is 32.6 Å². The lowest BCUT2D eigenvalue weighted by Crippen LogP contribution is -2.55. The molecule has 132 valence electrons. The molecule has 2 fully saturated rings. The Balaban J connectivity index is 1.71. The van der Waals surface area contributed by atoms with Gasteiger partial charge in [-0.3, -0.25) is 9.59 Å². The van der Waals surface area contributed by atoms with E-state index >= 15 is 0 Å². The lowest BCUT2D eigenvalue weighted by Gasteiger charge is -2.48. The largest absolute Gasteiger partial charge is 0.383 e. The Morgan fingerprint density at radius 2 is 2.17 bits per heavy atom. The number of methoxy groups -OCH3 is 1. The third-order valence-corrected chi connectivity index (χ3v) is 5.19. The maximum atomic E-state index is 12.7. The van der Waals surface area contributed by atoms with Gasteiger partial charge in [0.05, 0.1) is 12.3 Å². The molecule has 1 N–H and O–H groups in total. The van der Waals surface area contributed by atoms with Crippen molar-refractivity contribution in [1.29, 1.82) is 0 Å². The fourth-order valence-electron chi connectivity index (χ4n) is 3.86. The van der Waals surface area contributed by atoms with E-state index in [1.54, 1.807) is 14.0 Å². The quantitative estimate of drug-likeness (QED) is 0.870. The molecule has 2 aliphatic heterocycles. The number of hydrogen-bond acceptors (Lipinski definition) is 5. The summed E-state index contributed by atoms with van der Waals surface area (Å²) in [6, 6.07) is 0. The third kappa shape index (κ3) is 3.28. The molecular formula is C16H25N5O3. The molecule has 1 aromatic heterocycles. The van der Waals surface area contributed by atoms with Gasteiger partial charge in [0.2, 0.25) is 5.91 Å². The highest BCUT2D eigenvalue weighted by Gasteiger charge is 2.43. The van der Waals surface area contributed by atoms with E-state index in [1.807, 2.05) is 9.80 Å². The number of ether oxygens (including phenoxy) is 1. The van der Waals surface area contributed by atoms with Crippen molar-refractivity contribution >= 4 is 11.8 Å². The molecule has 0 aromatic carbocycles. The number of hydrogen-bond donors (Lipinski definition) is 1. The number of carbonyl (C=O) groups excluding carboxylic acids is 2. The summed E-state index contributed by atoms with van der Waals surface area (Å²) in [4.78, 5) is 28.6. The number of aromatic amines is 1. The Labute approximate surface area is 141 Å². The standard InChI is InChI=1S/C16H25N5O3/c1-12-14(18-19-17-12)15(23)21-7-3-5-16(11-21)6-4-13(22)20(10-16)8-9-24-2/h3-11H2,1-2H3,(H,17,18,19)/t16-/m0/s1. The summed E-state index contributed by atoms with van der Waals surface area (Å²) in [6.07, 6.45) is 3.39. The number of piperidine rings is 2. The van der Waals surface area contributed by atoms with Gasteiger partial charge in [-0.2, -0.15) is 15.4 Å². The van der Waals surface area contributed by atoms with Crippen LogP contribution in [0.1, 0.15) is 41.9 Å². The van der Waals surface area contributed by atoms with E-state index in [2.05, 4.69) is 15.4 Å². The number of nitrogens with one attached hydrogen (secondary N) is 1. The number of aromatic nitrogens is 3. The predicted molar refractivity (Wildman–Crippen MR) is 86.4 cm³/mol. The highest BCUT2D eigenvalue weighted by molar-refractivity contribution is 5.93. The number of nitrogens with zero attached hydrogens (tertiary/aromatic N) is 4. The van der Waals surface area contributed by atoms with Crippen LogP contribution in [0, 0.1) is 12.3 Å². The van der Waals surface area contributed by atoms with Crippen molar-refractivity contribution in [2.75, 3.05) is 39.9 Å². The van der Waals surface area contributed by atoms with E-state index < -0.39 is 0 Å². The molecule has 0 bridgehead atoms. The van der Waals surface area contributed by atoms with Crippen LogP contribution >= 0.6 is 0 Å². The molecule has 8 nitrogen and oxygen atoms in total. The Hall–Kier alpha value is -1.96. The first-order chi connectivity index (χ1) is 11.5. The molecule has 3 heterocycles. The molecule has 0 unspecified atom stereocenters. The van der Waals surface area contributed by atoms with Gasteiger partial charge in [-0.1, -0.05) is 0 Å². The molecule has 1 atom stereocenters. The van der Waals surface area contributed by atoms with E-state index in [4.69, 9.17) is 4.74 Å². The normalized spacial score (nSPS) is 24.7. The summed E-state index contributed by atoms with van der Waals surface area (Å²) in [5.41, 5.74) is 1.02. The summed E-state index contributed by atoms with van der Waals surface area (Å²) in [6.45, 7) is 5.06. The zero-order valence-corrected chi connectivity index (χ0v) is 14.4. The third-order valence-electron chi connectivity index (χ3n) is 5.19. The Morgan fingerprint density at radius 1 is 1.33 bits per heavy atom. The fraction of sp³-hybridized carbons (Fsp3) is 0.750. The lowest BCUT2D eigenvalue weighted by atomic mass is 9.73. The van der Waals surface area contributed by atoms with Crippen LogP contribution in [0.4, 0.5) is 0 Å². The van der Waals surface area contributed by atoms with Crippen molar-refractivity contribution in [1.82, 2.24) is 25.2 Å². The van der Waals surface area contributed by atoms with Crippen LogP contribution in [0.5, 0.6) is 0 Å². The molecule has 0 aliphatic carbocycles. The number of aryl methyl sites for hydroxylation is 1. The first kappa shape index (κ1) is 16.9. The minimum Gasteiger partial charge on any atom is -0.383 e. The molecular weight excluding hydrogens is 310 g/mol. The van der Waals surface area contributed by atoms with Crippen LogP contribution in [0.25, 0.3) is 0 Å². The van der Waals surface area contributed by atoms with Gasteiger partial charge in [0.25, 0.3) is 5.91 Å². The lowest BCUT2D eigenvalue weighted by molar-refractivity contribution is -0.139. The van der Waals surface area contributed by atoms with E-state index in [9.17, 15) is 9.59 Å². The molecule has 1 spiro atoms. The van der Waals surface area contributed by atoms with E-state index in [1.165, 1.54) is 0 Å². The number of carbonyl (C=O) groups is 2. The zero-order valence-electron chi connectivity index (χ0n) is 14.4. The molecule has 0 saturated carbocycles. The number of likely N-dealkylation sites (tertiary alicyclic amines) is 2. The van der Waals surface area contributed by atoms with Crippen LogP contribution in [-0.2, 0) is 9.53 Å². The maximum Gasteiger partial charge on any atom is 0.276 e. The van der Waals surface area contributed by atoms with Gasteiger partial charge in [-0.25, -0.2) is 0 Å². The first-order valence-electron chi connectivity index (χ1n) is 8.48. The van der Waals surface area contributed by atoms with Crippen molar-refractivity contribution in [3.05, 3.63) is 11.4 Å². The minimum absolute atomic E-state index is 0.00674. The van der Waals surface area contributed by atoms with Gasteiger partial charge in [0, 0.05) is 45.1 Å². The van der Waals surface area contributed by atoms with Crippen LogP contribution in [0.2, 0.25) is 0 Å². The molecule has 0 radical (unpaired) electrons. The summed E-state index contributed by atoms with van der Waals surface area (Å²) in [5.74, 6) is 0.120. The second-order valence-corrected chi connectivity index (χ2v) is 6.90. The highest BCUT2D eigenvalue weighted by atomic mass is 16.5. The van der Waals surface area contributed by atoms with Gasteiger partial charge in [0.15, 0.2) is 5.69 Å². The predicted octanol–water partition coefficient (Wildman–Crippen LogP) is 0.604. The second-order valence-electron chi connectivity index (χ2n) is 6.90. The van der Waals surface area contributed by atoms with Crippen LogP contribution in [-0.4, -0.2) is 76.9 Å². The van der Waals surface area contributed by atoms with E-state index in [-0.39, 0.29) is 17.2 Å². The molecule has 8 heteroatoms. The molecule has 3 rings (SSSR count). The number of rotatable bonds is 4. The average molecular weight is 335 g/mol. The monoisotopic (exact) mass is 335 g/mol. The average Bonchev–Trinajstić information content (AvgIpc) is 3.01. The fourth-order valence-corrected chi connectivity index (χ4v) is 3.86. The van der Waals surface area contributed by atoms with Gasteiger partial charge >= 0.3 is 0 Å². The Bertz CT molecular complexity index is 617. The van der Waals surface area contributed by atoms with Crippen molar-refractivity contribution < 1.29 is 14.3 Å². The van der Waals surface area contributed by atoms with Gasteiger partial charge in [-0.05, 0) is 26.2 Å². The highest BCUT2D eigenvalue weighted by Crippen LogP contribution is 2.39. The molecule has 2 amide bonds. The smallest absolute Gasteiger partial charge is 0.276 e. The van der Waals surface area contributed by atoms with Gasteiger partial charge in [-0.15, -0.1) is 0 Å². The summed E-state index contributed by atoms with van der Waals surface area (Å²) in [5, 5.41) is 10.4. The van der Waals surface area contributed by atoms with Crippen molar-refractivity contribution in [3.8, 4) is 0 Å². The SMILES string of the molecule is COCCN1C[C@]2(CCCN(C(=O)c3n[nH]nc3C)C2)CCC1=O. The second kappa shape index (κ2) is 6.88. The van der Waals surface area contributed by atoms with Gasteiger partial charge in [0.1, 0.15) is 0 Å². The molecule has 2 aliphatic rings. The van der Waals surface area contributed by atoms with Gasteiger partial charge < -0.3 is 14.5 Å². The Kier molecular flexibility index (Phi) is 4.84. The molecule has 1 aromatic rings. The first-order valence-corrected chi connectivity index (χ1v) is 8.48. The van der Waals surface area contributed by atoms with Crippen molar-refractivity contribution in [2.24, 2.45) is 5.41 Å².